The first-order valence-electron chi connectivity index (χ1n) is 20.1. The molecule has 0 spiro atoms. The summed E-state index contributed by atoms with van der Waals surface area (Å²) in [5, 5.41) is 40.0. The summed E-state index contributed by atoms with van der Waals surface area (Å²) in [5.74, 6) is -2.70. The molecule has 0 saturated carbocycles. The standard InChI is InChI=1S/C44H56N4O7S/c49-42(50)38(34-10-13-45-25-34)21-29-4-1-6-31(18-29)24-41(56)48(28-33-8-2-5-30(19-33)22-39(43(51)52)35-11-14-46-26-35)16-17-55-37-9-3-7-32(20-37)23-40(44(53)54)36-12-15-47-27-36/h1-9,18-20,34-36,38-40,45-47H,10-17,21-28H2,(H,49,50)(H,51,52)(H,53,54)/t34-,35-,36-,38-,39-,40-/m0/s1. The summed E-state index contributed by atoms with van der Waals surface area (Å²) in [6.07, 6.45) is 4.42. The normalized spacial score (nSPS) is 21.0. The van der Waals surface area contributed by atoms with E-state index in [4.69, 9.17) is 17.0 Å². The molecule has 0 aromatic heterocycles. The van der Waals surface area contributed by atoms with Crippen molar-refractivity contribution >= 4 is 35.1 Å². The Labute approximate surface area is 335 Å². The number of ether oxygens (including phenoxy) is 1. The van der Waals surface area contributed by atoms with Crippen molar-refractivity contribution in [2.45, 2.75) is 51.5 Å². The van der Waals surface area contributed by atoms with Crippen LogP contribution in [0.2, 0.25) is 0 Å². The summed E-state index contributed by atoms with van der Waals surface area (Å²) in [7, 11) is 0. The van der Waals surface area contributed by atoms with Crippen LogP contribution >= 0.6 is 12.2 Å². The fraction of sp³-hybridized carbons (Fsp3) is 0.500. The van der Waals surface area contributed by atoms with E-state index in [1.54, 1.807) is 0 Å². The van der Waals surface area contributed by atoms with Gasteiger partial charge in [0, 0.05) is 13.0 Å². The number of hydrogen-bond donors (Lipinski definition) is 6. The number of nitrogens with one attached hydrogen (secondary N) is 3. The molecule has 0 unspecified atom stereocenters. The lowest BCUT2D eigenvalue weighted by Crippen LogP contribution is -2.34. The van der Waals surface area contributed by atoms with Gasteiger partial charge >= 0.3 is 17.9 Å². The number of carboxylic acids is 3. The zero-order chi connectivity index (χ0) is 39.4. The van der Waals surface area contributed by atoms with Crippen LogP contribution in [0.25, 0.3) is 0 Å². The van der Waals surface area contributed by atoms with Gasteiger partial charge in [0.05, 0.1) is 29.3 Å². The zero-order valence-electron chi connectivity index (χ0n) is 32.0. The highest BCUT2D eigenvalue weighted by Crippen LogP contribution is 2.28. The van der Waals surface area contributed by atoms with Crippen molar-refractivity contribution in [2.24, 2.45) is 35.5 Å². The van der Waals surface area contributed by atoms with E-state index in [2.05, 4.69) is 33.0 Å². The maximum absolute atomic E-state index is 12.3. The minimum Gasteiger partial charge on any atom is -0.492 e. The Kier molecular flexibility index (Phi) is 14.9. The molecule has 0 bridgehead atoms. The molecule has 0 amide bonds. The highest BCUT2D eigenvalue weighted by atomic mass is 32.1. The van der Waals surface area contributed by atoms with Crippen molar-refractivity contribution in [3.63, 3.8) is 0 Å². The van der Waals surface area contributed by atoms with Crippen molar-refractivity contribution in [1.82, 2.24) is 20.9 Å². The van der Waals surface area contributed by atoms with Gasteiger partial charge in [-0.1, -0.05) is 72.9 Å². The monoisotopic (exact) mass is 784 g/mol. The molecule has 6 atom stereocenters. The zero-order valence-corrected chi connectivity index (χ0v) is 32.9. The highest BCUT2D eigenvalue weighted by molar-refractivity contribution is 7.80. The number of benzene rings is 3. The lowest BCUT2D eigenvalue weighted by atomic mass is 9.86. The van der Waals surface area contributed by atoms with Crippen molar-refractivity contribution in [1.29, 1.82) is 0 Å². The predicted molar refractivity (Wildman–Crippen MR) is 219 cm³/mol. The number of aliphatic carboxylic acids is 3. The maximum atomic E-state index is 12.3. The van der Waals surface area contributed by atoms with Gasteiger partial charge in [0.1, 0.15) is 12.4 Å². The summed E-state index contributed by atoms with van der Waals surface area (Å²) in [6.45, 7) is 6.02. The number of thiocarbonyl (C=S) groups is 1. The summed E-state index contributed by atoms with van der Waals surface area (Å²) < 4.78 is 6.28. The van der Waals surface area contributed by atoms with E-state index >= 15 is 0 Å². The van der Waals surface area contributed by atoms with Gasteiger partial charge in [-0.3, -0.25) is 14.4 Å². The SMILES string of the molecule is O=C(O)[C@@H](Cc1cccc(CC(=S)N(CCOc2cccc(C[C@H](C(=O)O)[C@H]3CCNC3)c2)Cc2cccc(C[C@H](C(=O)O)[C@H]3CCNC3)c2)c1)[C@H]1CCNC1. The molecule has 0 radical (unpaired) electrons. The molecule has 0 aliphatic carbocycles. The second-order valence-electron chi connectivity index (χ2n) is 15.8. The molecule has 3 aromatic carbocycles. The largest absolute Gasteiger partial charge is 0.492 e. The number of carboxylic acid groups (broad SMARTS) is 3. The Bertz CT molecular complexity index is 1810. The van der Waals surface area contributed by atoms with E-state index in [1.165, 1.54) is 0 Å². The van der Waals surface area contributed by atoms with Gasteiger partial charge in [-0.2, -0.15) is 0 Å². The minimum absolute atomic E-state index is 0.0991. The Hall–Kier alpha value is -4.36. The lowest BCUT2D eigenvalue weighted by molar-refractivity contribution is -0.144. The third-order valence-corrected chi connectivity index (χ3v) is 12.3. The Morgan fingerprint density at radius 2 is 1.07 bits per heavy atom. The van der Waals surface area contributed by atoms with E-state index in [0.717, 1.165) is 91.3 Å². The van der Waals surface area contributed by atoms with Crippen LogP contribution in [0.1, 0.15) is 47.1 Å². The number of nitrogens with zero attached hydrogens (tertiary/aromatic N) is 1. The van der Waals surface area contributed by atoms with Gasteiger partial charge in [-0.15, -0.1) is 0 Å². The van der Waals surface area contributed by atoms with Crippen LogP contribution in [0.3, 0.4) is 0 Å². The Morgan fingerprint density at radius 3 is 1.54 bits per heavy atom. The predicted octanol–water partition coefficient (Wildman–Crippen LogP) is 4.70. The van der Waals surface area contributed by atoms with Gasteiger partial charge < -0.3 is 40.9 Å². The molecule has 3 aromatic rings. The van der Waals surface area contributed by atoms with Crippen molar-refractivity contribution in [3.05, 3.63) is 101 Å². The topological polar surface area (TPSA) is 160 Å². The van der Waals surface area contributed by atoms with Crippen molar-refractivity contribution < 1.29 is 34.4 Å². The summed E-state index contributed by atoms with van der Waals surface area (Å²) in [5.41, 5.74) is 4.91. The van der Waals surface area contributed by atoms with Gasteiger partial charge in [0.25, 0.3) is 0 Å². The molecule has 6 N–H and O–H groups in total. The van der Waals surface area contributed by atoms with Gasteiger partial charge in [0.2, 0.25) is 0 Å². The maximum Gasteiger partial charge on any atom is 0.307 e. The minimum atomic E-state index is -0.773. The molecule has 3 aliphatic rings. The average molecular weight is 785 g/mol. The van der Waals surface area contributed by atoms with Crippen LogP contribution in [0.5, 0.6) is 5.75 Å². The molecule has 3 saturated heterocycles. The fourth-order valence-electron chi connectivity index (χ4n) is 8.75. The highest BCUT2D eigenvalue weighted by Gasteiger charge is 2.33. The van der Waals surface area contributed by atoms with E-state index in [1.807, 2.05) is 60.7 Å². The van der Waals surface area contributed by atoms with Crippen LogP contribution in [0.4, 0.5) is 0 Å². The number of hydrogen-bond acceptors (Lipinski definition) is 8. The van der Waals surface area contributed by atoms with Crippen LogP contribution in [0.15, 0.2) is 72.8 Å². The second-order valence-corrected chi connectivity index (χ2v) is 16.3. The molecule has 6 rings (SSSR count). The summed E-state index contributed by atoms with van der Waals surface area (Å²) >= 11 is 6.12. The lowest BCUT2D eigenvalue weighted by Gasteiger charge is -2.26. The number of rotatable bonds is 20. The molecule has 300 valence electrons. The first kappa shape index (κ1) is 41.3. The quantitative estimate of drug-likeness (QED) is 0.0879. The second kappa shape index (κ2) is 20.2. The third kappa shape index (κ3) is 11.6. The van der Waals surface area contributed by atoms with E-state index in [-0.39, 0.29) is 17.8 Å². The molecular formula is C44H56N4O7S. The Balaban J connectivity index is 1.15. The average Bonchev–Trinajstić information content (AvgIpc) is 4.00. The van der Waals surface area contributed by atoms with E-state index < -0.39 is 35.7 Å². The molecule has 3 fully saturated rings. The van der Waals surface area contributed by atoms with Gasteiger partial charge in [0.15, 0.2) is 0 Å². The third-order valence-electron chi connectivity index (χ3n) is 11.9. The van der Waals surface area contributed by atoms with Crippen molar-refractivity contribution in [2.75, 3.05) is 52.4 Å². The first-order valence-corrected chi connectivity index (χ1v) is 20.5. The van der Waals surface area contributed by atoms with E-state index in [9.17, 15) is 29.7 Å². The molecule has 12 heteroatoms. The molecule has 11 nitrogen and oxygen atoms in total. The molecule has 56 heavy (non-hydrogen) atoms. The first-order chi connectivity index (χ1) is 27.1. The molecule has 3 heterocycles. The number of carbonyl (C=O) groups is 3. The summed E-state index contributed by atoms with van der Waals surface area (Å²) in [6, 6.07) is 23.8. The summed E-state index contributed by atoms with van der Waals surface area (Å²) in [4.78, 5) is 39.5. The molecular weight excluding hydrogens is 729 g/mol. The van der Waals surface area contributed by atoms with Crippen LogP contribution < -0.4 is 20.7 Å². The molecule has 3 aliphatic heterocycles. The van der Waals surface area contributed by atoms with Crippen LogP contribution in [-0.2, 0) is 46.6 Å². The Morgan fingerprint density at radius 1 is 0.643 bits per heavy atom. The smallest absolute Gasteiger partial charge is 0.307 e. The fourth-order valence-corrected chi connectivity index (χ4v) is 9.07. The van der Waals surface area contributed by atoms with Crippen LogP contribution in [0, 0.1) is 35.5 Å². The van der Waals surface area contributed by atoms with Gasteiger partial charge in [-0.25, -0.2) is 0 Å². The van der Waals surface area contributed by atoms with Crippen molar-refractivity contribution in [3.8, 4) is 5.75 Å². The van der Waals surface area contributed by atoms with E-state index in [0.29, 0.717) is 51.1 Å². The van der Waals surface area contributed by atoms with Crippen LogP contribution in [-0.4, -0.2) is 95.5 Å². The van der Waals surface area contributed by atoms with Gasteiger partial charge in [-0.05, 0) is 135 Å².